The van der Waals surface area contributed by atoms with Crippen LogP contribution in [-0.2, 0) is 18.3 Å². The van der Waals surface area contributed by atoms with E-state index in [0.717, 1.165) is 5.69 Å². The Morgan fingerprint density at radius 3 is 2.35 bits per heavy atom. The molecule has 5 nitrogen and oxygen atoms in total. The van der Waals surface area contributed by atoms with Crippen LogP contribution in [0.3, 0.4) is 0 Å². The lowest BCUT2D eigenvalue weighted by Gasteiger charge is -2.30. The van der Waals surface area contributed by atoms with E-state index >= 15 is 0 Å². The van der Waals surface area contributed by atoms with Gasteiger partial charge in [0, 0.05) is 33.4 Å². The maximum Gasteiger partial charge on any atom is 0.191 e. The van der Waals surface area contributed by atoms with Gasteiger partial charge in [0.15, 0.2) is 5.96 Å². The van der Waals surface area contributed by atoms with Crippen LogP contribution in [0.25, 0.3) is 0 Å². The molecule has 0 spiro atoms. The number of nitrogens with zero attached hydrogens (tertiary/aromatic N) is 2. The Kier molecular flexibility index (Phi) is 9.88. The van der Waals surface area contributed by atoms with Crippen molar-refractivity contribution in [1.29, 1.82) is 0 Å². The molecule has 0 saturated carbocycles. The van der Waals surface area contributed by atoms with Gasteiger partial charge in [-0.3, -0.25) is 4.99 Å². The summed E-state index contributed by atoms with van der Waals surface area (Å²) in [5.74, 6) is 0.708. The molecule has 1 heterocycles. The van der Waals surface area contributed by atoms with Crippen LogP contribution in [-0.4, -0.2) is 37.3 Å². The van der Waals surface area contributed by atoms with E-state index in [1.54, 1.807) is 14.2 Å². The highest BCUT2D eigenvalue weighted by molar-refractivity contribution is 14.0. The van der Waals surface area contributed by atoms with Gasteiger partial charge in [-0.15, -0.1) is 24.0 Å². The largest absolute Gasteiger partial charge is 0.379 e. The molecule has 134 valence electrons. The van der Waals surface area contributed by atoms with Crippen molar-refractivity contribution in [3.05, 3.63) is 21.9 Å². The van der Waals surface area contributed by atoms with Crippen LogP contribution in [0.5, 0.6) is 0 Å². The van der Waals surface area contributed by atoms with Crippen molar-refractivity contribution in [3.63, 3.8) is 0 Å². The van der Waals surface area contributed by atoms with E-state index in [9.17, 15) is 0 Å². The van der Waals surface area contributed by atoms with Crippen LogP contribution in [0.2, 0.25) is 10.2 Å². The summed E-state index contributed by atoms with van der Waals surface area (Å²) in [7, 11) is 5.34. The molecule has 0 amide bonds. The van der Waals surface area contributed by atoms with Crippen molar-refractivity contribution in [2.24, 2.45) is 17.5 Å². The Morgan fingerprint density at radius 2 is 1.96 bits per heavy atom. The van der Waals surface area contributed by atoms with Crippen molar-refractivity contribution in [3.8, 4) is 0 Å². The summed E-state index contributed by atoms with van der Waals surface area (Å²) in [6, 6.07) is 1.84. The van der Waals surface area contributed by atoms with Gasteiger partial charge in [-0.2, -0.15) is 0 Å². The van der Waals surface area contributed by atoms with Crippen LogP contribution in [0, 0.1) is 5.41 Å². The molecule has 0 aliphatic heterocycles. The number of hydrogen-bond donors (Lipinski definition) is 2. The number of halogens is 3. The fourth-order valence-corrected chi connectivity index (χ4v) is 2.50. The standard InChI is InChI=1S/C15H26Cl2N4O.HI/c1-15(2,3)12(22-6)9-20-14(18-4)19-8-10-7-11(16)13(17)21(10)5;/h7,12H,8-9H2,1-6H3,(H2,18,19,20);1H. The quantitative estimate of drug-likeness (QED) is 0.387. The van der Waals surface area contributed by atoms with Gasteiger partial charge in [0.1, 0.15) is 5.15 Å². The van der Waals surface area contributed by atoms with Crippen LogP contribution in [0.1, 0.15) is 26.5 Å². The zero-order valence-corrected chi connectivity index (χ0v) is 18.4. The number of ether oxygens (including phenoxy) is 1. The molecular weight excluding hydrogens is 450 g/mol. The summed E-state index contributed by atoms with van der Waals surface area (Å²) < 4.78 is 7.37. The second kappa shape index (κ2) is 9.96. The predicted octanol–water partition coefficient (Wildman–Crippen LogP) is 3.68. The summed E-state index contributed by atoms with van der Waals surface area (Å²) in [4.78, 5) is 4.21. The number of nitrogens with one attached hydrogen (secondary N) is 2. The first-order chi connectivity index (χ1) is 10.2. The van der Waals surface area contributed by atoms with Crippen LogP contribution in [0.15, 0.2) is 11.1 Å². The molecule has 1 atom stereocenters. The zero-order chi connectivity index (χ0) is 16.9. The van der Waals surface area contributed by atoms with E-state index in [1.165, 1.54) is 0 Å². The molecule has 0 aromatic carbocycles. The Morgan fingerprint density at radius 1 is 1.35 bits per heavy atom. The third-order valence-corrected chi connectivity index (χ3v) is 4.42. The van der Waals surface area contributed by atoms with Crippen molar-refractivity contribution in [2.45, 2.75) is 33.4 Å². The average Bonchev–Trinajstić information content (AvgIpc) is 2.68. The first-order valence-corrected chi connectivity index (χ1v) is 7.93. The number of aromatic nitrogens is 1. The Hall–Kier alpha value is -0.180. The van der Waals surface area contributed by atoms with Gasteiger partial charge in [-0.05, 0) is 11.5 Å². The fourth-order valence-electron chi connectivity index (χ4n) is 2.09. The first kappa shape index (κ1) is 22.8. The van der Waals surface area contributed by atoms with Crippen LogP contribution < -0.4 is 10.6 Å². The second-order valence-electron chi connectivity index (χ2n) is 6.23. The van der Waals surface area contributed by atoms with Gasteiger partial charge < -0.3 is 19.9 Å². The third kappa shape index (κ3) is 6.68. The summed E-state index contributed by atoms with van der Waals surface area (Å²) in [5, 5.41) is 7.61. The maximum absolute atomic E-state index is 6.06. The number of methoxy groups -OCH3 is 1. The van der Waals surface area contributed by atoms with E-state index in [4.69, 9.17) is 27.9 Å². The minimum absolute atomic E-state index is 0. The molecule has 23 heavy (non-hydrogen) atoms. The van der Waals surface area contributed by atoms with E-state index in [-0.39, 0.29) is 35.5 Å². The van der Waals surface area contributed by atoms with E-state index in [0.29, 0.717) is 29.2 Å². The lowest BCUT2D eigenvalue weighted by atomic mass is 9.89. The molecule has 0 bridgehead atoms. The van der Waals surface area contributed by atoms with Gasteiger partial charge in [0.05, 0.1) is 17.7 Å². The lowest BCUT2D eigenvalue weighted by Crippen LogP contribution is -2.45. The monoisotopic (exact) mass is 476 g/mol. The number of hydrogen-bond acceptors (Lipinski definition) is 2. The first-order valence-electron chi connectivity index (χ1n) is 7.17. The van der Waals surface area contributed by atoms with Crippen LogP contribution in [0.4, 0.5) is 0 Å². The number of aliphatic imine (C=N–C) groups is 1. The van der Waals surface area contributed by atoms with Crippen molar-refractivity contribution < 1.29 is 4.74 Å². The molecule has 1 aromatic heterocycles. The van der Waals surface area contributed by atoms with Gasteiger partial charge >= 0.3 is 0 Å². The normalized spacial score (nSPS) is 13.5. The van der Waals surface area contributed by atoms with Crippen molar-refractivity contribution in [1.82, 2.24) is 15.2 Å². The number of guanidine groups is 1. The fraction of sp³-hybridized carbons (Fsp3) is 0.667. The molecule has 0 radical (unpaired) electrons. The third-order valence-electron chi connectivity index (χ3n) is 3.58. The van der Waals surface area contributed by atoms with Gasteiger partial charge in [0.2, 0.25) is 0 Å². The van der Waals surface area contributed by atoms with Gasteiger partial charge in [-0.25, -0.2) is 0 Å². The molecule has 1 aromatic rings. The molecule has 0 saturated heterocycles. The minimum atomic E-state index is 0. The maximum atomic E-state index is 6.06. The molecule has 1 rings (SSSR count). The summed E-state index contributed by atoms with van der Waals surface area (Å²) in [6.45, 7) is 7.69. The Bertz CT molecular complexity index is 526. The van der Waals surface area contributed by atoms with Crippen LogP contribution >= 0.6 is 47.2 Å². The lowest BCUT2D eigenvalue weighted by molar-refractivity contribution is 0.0205. The Balaban J connectivity index is 0.00000484. The summed E-state index contributed by atoms with van der Waals surface area (Å²) in [5.41, 5.74) is 1.04. The second-order valence-corrected chi connectivity index (χ2v) is 7.00. The molecular formula is C15H27Cl2IN4O. The van der Waals surface area contributed by atoms with E-state index in [1.807, 2.05) is 17.7 Å². The minimum Gasteiger partial charge on any atom is -0.379 e. The summed E-state index contributed by atoms with van der Waals surface area (Å²) in [6.07, 6.45) is 0.0879. The smallest absolute Gasteiger partial charge is 0.191 e. The molecule has 2 N–H and O–H groups in total. The van der Waals surface area contributed by atoms with E-state index in [2.05, 4.69) is 36.4 Å². The summed E-state index contributed by atoms with van der Waals surface area (Å²) >= 11 is 12.1. The van der Waals surface area contributed by atoms with Gasteiger partial charge in [-0.1, -0.05) is 44.0 Å². The Labute approximate surface area is 166 Å². The average molecular weight is 477 g/mol. The van der Waals surface area contributed by atoms with E-state index < -0.39 is 0 Å². The highest BCUT2D eigenvalue weighted by Crippen LogP contribution is 2.25. The number of rotatable bonds is 5. The highest BCUT2D eigenvalue weighted by Gasteiger charge is 2.24. The molecule has 0 aliphatic carbocycles. The van der Waals surface area contributed by atoms with Crippen molar-refractivity contribution >= 4 is 53.1 Å². The molecule has 0 fully saturated rings. The van der Waals surface area contributed by atoms with Gasteiger partial charge in [0.25, 0.3) is 0 Å². The topological polar surface area (TPSA) is 50.6 Å². The predicted molar refractivity (Wildman–Crippen MR) is 109 cm³/mol. The molecule has 1 unspecified atom stereocenters. The zero-order valence-electron chi connectivity index (χ0n) is 14.5. The molecule has 8 heteroatoms. The SMILES string of the molecule is CN=C(NCc1cc(Cl)c(Cl)n1C)NCC(OC)C(C)(C)C.I. The molecule has 0 aliphatic rings. The van der Waals surface area contributed by atoms with Crippen molar-refractivity contribution in [2.75, 3.05) is 20.7 Å². The highest BCUT2D eigenvalue weighted by atomic mass is 127.